The van der Waals surface area contributed by atoms with Gasteiger partial charge >= 0.3 is 0 Å². The van der Waals surface area contributed by atoms with Crippen LogP contribution in [0, 0.1) is 0 Å². The second kappa shape index (κ2) is 6.65. The molecule has 1 aromatic carbocycles. The minimum absolute atomic E-state index is 0.145. The highest BCUT2D eigenvalue weighted by Crippen LogP contribution is 2.30. The van der Waals surface area contributed by atoms with Gasteiger partial charge in [-0.1, -0.05) is 38.8 Å². The van der Waals surface area contributed by atoms with Crippen molar-refractivity contribution in [2.45, 2.75) is 25.9 Å². The first-order chi connectivity index (χ1) is 9.17. The van der Waals surface area contributed by atoms with Gasteiger partial charge in [-0.05, 0) is 30.2 Å². The molecule has 0 fully saturated rings. The topological polar surface area (TPSA) is 55.9 Å². The first kappa shape index (κ1) is 14.7. The third kappa shape index (κ3) is 3.25. The van der Waals surface area contributed by atoms with E-state index in [4.69, 9.17) is 5.84 Å². The van der Waals surface area contributed by atoms with E-state index in [1.54, 1.807) is 6.20 Å². The first-order valence-electron chi connectivity index (χ1n) is 6.09. The van der Waals surface area contributed by atoms with Crippen LogP contribution in [0.4, 0.5) is 0 Å². The van der Waals surface area contributed by atoms with E-state index in [9.17, 15) is 0 Å². The van der Waals surface area contributed by atoms with E-state index in [0.29, 0.717) is 0 Å². The summed E-state index contributed by atoms with van der Waals surface area (Å²) in [5, 5.41) is 0. The number of hydrogen-bond acceptors (Lipinski definition) is 3. The van der Waals surface area contributed by atoms with Crippen LogP contribution in [0.5, 0.6) is 0 Å². The van der Waals surface area contributed by atoms with E-state index in [-0.39, 0.29) is 6.04 Å². The second-order valence-electron chi connectivity index (χ2n) is 4.24. The molecule has 0 aliphatic carbocycles. The molecule has 0 bridgehead atoms. The highest BCUT2D eigenvalue weighted by Gasteiger charge is 2.20. The Morgan fingerprint density at radius 2 is 2.21 bits per heavy atom. The number of aromatic nitrogens is 2. The standard InChI is InChI=1S/C13H16Br2N4/c1-2-6-19-7-5-17-13(19)12(18-16)10-8-9(14)3-4-11(10)15/h3-5,7-8,12,18H,2,6,16H2,1H3. The number of hydrogen-bond donors (Lipinski definition) is 2. The molecule has 0 aliphatic rings. The Morgan fingerprint density at radius 3 is 2.89 bits per heavy atom. The number of halogens is 2. The highest BCUT2D eigenvalue weighted by molar-refractivity contribution is 9.11. The van der Waals surface area contributed by atoms with Crippen LogP contribution in [0.1, 0.15) is 30.8 Å². The van der Waals surface area contributed by atoms with Crippen molar-refractivity contribution >= 4 is 31.9 Å². The number of benzene rings is 1. The summed E-state index contributed by atoms with van der Waals surface area (Å²) >= 11 is 7.06. The lowest BCUT2D eigenvalue weighted by Gasteiger charge is -2.19. The molecule has 2 rings (SSSR count). The summed E-state index contributed by atoms with van der Waals surface area (Å²) < 4.78 is 4.14. The predicted molar refractivity (Wildman–Crippen MR) is 83.5 cm³/mol. The summed E-state index contributed by atoms with van der Waals surface area (Å²) in [4.78, 5) is 4.44. The van der Waals surface area contributed by atoms with E-state index in [1.807, 2.05) is 24.4 Å². The van der Waals surface area contributed by atoms with Crippen LogP contribution in [0.15, 0.2) is 39.5 Å². The molecule has 1 aromatic heterocycles. The molecule has 0 aliphatic heterocycles. The summed E-state index contributed by atoms with van der Waals surface area (Å²) in [6.07, 6.45) is 4.84. The van der Waals surface area contributed by atoms with Crippen LogP contribution in [-0.2, 0) is 6.54 Å². The zero-order valence-corrected chi connectivity index (χ0v) is 13.8. The fraction of sp³-hybridized carbons (Fsp3) is 0.308. The largest absolute Gasteiger partial charge is 0.333 e. The van der Waals surface area contributed by atoms with Crippen molar-refractivity contribution < 1.29 is 0 Å². The van der Waals surface area contributed by atoms with Crippen molar-refractivity contribution in [2.24, 2.45) is 5.84 Å². The lowest BCUT2D eigenvalue weighted by molar-refractivity contribution is 0.544. The molecule has 0 spiro atoms. The zero-order chi connectivity index (χ0) is 13.8. The Bertz CT molecular complexity index is 553. The fourth-order valence-corrected chi connectivity index (χ4v) is 2.90. The van der Waals surface area contributed by atoms with Crippen LogP contribution in [-0.4, -0.2) is 9.55 Å². The quantitative estimate of drug-likeness (QED) is 0.610. The number of nitrogens with two attached hydrogens (primary N) is 1. The molecule has 6 heteroatoms. The molecule has 1 unspecified atom stereocenters. The van der Waals surface area contributed by atoms with Gasteiger partial charge in [-0.25, -0.2) is 10.4 Å². The number of nitrogens with one attached hydrogen (secondary N) is 1. The molecule has 19 heavy (non-hydrogen) atoms. The maximum atomic E-state index is 5.74. The van der Waals surface area contributed by atoms with E-state index in [0.717, 1.165) is 33.3 Å². The smallest absolute Gasteiger partial charge is 0.131 e. The van der Waals surface area contributed by atoms with Crippen molar-refractivity contribution in [3.8, 4) is 0 Å². The first-order valence-corrected chi connectivity index (χ1v) is 7.68. The zero-order valence-electron chi connectivity index (χ0n) is 10.6. The Labute approximate surface area is 129 Å². The van der Waals surface area contributed by atoms with Gasteiger partial charge in [0, 0.05) is 27.9 Å². The van der Waals surface area contributed by atoms with Gasteiger partial charge < -0.3 is 4.57 Å². The second-order valence-corrected chi connectivity index (χ2v) is 6.01. The van der Waals surface area contributed by atoms with Crippen LogP contribution >= 0.6 is 31.9 Å². The van der Waals surface area contributed by atoms with Gasteiger partial charge in [0.1, 0.15) is 11.9 Å². The van der Waals surface area contributed by atoms with Crippen molar-refractivity contribution in [1.29, 1.82) is 0 Å². The van der Waals surface area contributed by atoms with Gasteiger partial charge in [0.25, 0.3) is 0 Å². The number of hydrazine groups is 1. The number of nitrogens with zero attached hydrogens (tertiary/aromatic N) is 2. The minimum atomic E-state index is -0.145. The van der Waals surface area contributed by atoms with Crippen LogP contribution in [0.2, 0.25) is 0 Å². The number of aryl methyl sites for hydroxylation is 1. The molecule has 0 radical (unpaired) electrons. The number of rotatable bonds is 5. The average molecular weight is 388 g/mol. The molecule has 3 N–H and O–H groups in total. The molecule has 4 nitrogen and oxygen atoms in total. The molecule has 2 aromatic rings. The van der Waals surface area contributed by atoms with Gasteiger partial charge in [0.15, 0.2) is 0 Å². The lowest BCUT2D eigenvalue weighted by atomic mass is 10.1. The van der Waals surface area contributed by atoms with Crippen LogP contribution < -0.4 is 11.3 Å². The molecule has 0 amide bonds. The maximum absolute atomic E-state index is 5.74. The predicted octanol–water partition coefficient (Wildman–Crippen LogP) is 3.37. The van der Waals surface area contributed by atoms with E-state index in [1.165, 1.54) is 0 Å². The average Bonchev–Trinajstić information content (AvgIpc) is 2.83. The molecular weight excluding hydrogens is 372 g/mol. The van der Waals surface area contributed by atoms with Crippen molar-refractivity contribution in [3.05, 3.63) is 50.9 Å². The monoisotopic (exact) mass is 386 g/mol. The highest BCUT2D eigenvalue weighted by atomic mass is 79.9. The molecule has 102 valence electrons. The SMILES string of the molecule is CCCn1ccnc1C(NN)c1cc(Br)ccc1Br. The van der Waals surface area contributed by atoms with Gasteiger partial charge in [-0.3, -0.25) is 5.84 Å². The molecule has 1 heterocycles. The summed E-state index contributed by atoms with van der Waals surface area (Å²) in [5.41, 5.74) is 3.91. The molecule has 1 atom stereocenters. The molecule has 0 saturated heterocycles. The molecule has 0 saturated carbocycles. The Morgan fingerprint density at radius 1 is 1.42 bits per heavy atom. The van der Waals surface area contributed by atoms with E-state index < -0.39 is 0 Å². The van der Waals surface area contributed by atoms with E-state index >= 15 is 0 Å². The minimum Gasteiger partial charge on any atom is -0.333 e. The summed E-state index contributed by atoms with van der Waals surface area (Å²) in [5.74, 6) is 6.66. The van der Waals surface area contributed by atoms with Gasteiger partial charge in [-0.15, -0.1) is 0 Å². The third-order valence-electron chi connectivity index (χ3n) is 2.91. The van der Waals surface area contributed by atoms with Gasteiger partial charge in [0.05, 0.1) is 0 Å². The van der Waals surface area contributed by atoms with Crippen molar-refractivity contribution in [2.75, 3.05) is 0 Å². The summed E-state index contributed by atoms with van der Waals surface area (Å²) in [7, 11) is 0. The van der Waals surface area contributed by atoms with Crippen molar-refractivity contribution in [3.63, 3.8) is 0 Å². The van der Waals surface area contributed by atoms with E-state index in [2.05, 4.69) is 53.8 Å². The summed E-state index contributed by atoms with van der Waals surface area (Å²) in [6, 6.07) is 5.88. The Balaban J connectivity index is 2.44. The summed E-state index contributed by atoms with van der Waals surface area (Å²) in [6.45, 7) is 3.07. The van der Waals surface area contributed by atoms with Gasteiger partial charge in [-0.2, -0.15) is 0 Å². The maximum Gasteiger partial charge on any atom is 0.131 e. The Kier molecular flexibility index (Phi) is 5.15. The number of imidazole rings is 1. The third-order valence-corrected chi connectivity index (χ3v) is 4.12. The van der Waals surface area contributed by atoms with Crippen molar-refractivity contribution in [1.82, 2.24) is 15.0 Å². The molecular formula is C13H16Br2N4. The van der Waals surface area contributed by atoms with Crippen LogP contribution in [0.3, 0.4) is 0 Å². The normalized spacial score (nSPS) is 12.6. The van der Waals surface area contributed by atoms with Gasteiger partial charge in [0.2, 0.25) is 0 Å². The Hall–Kier alpha value is -0.690. The fourth-order valence-electron chi connectivity index (χ4n) is 2.05. The lowest BCUT2D eigenvalue weighted by Crippen LogP contribution is -2.31. The van der Waals surface area contributed by atoms with Crippen LogP contribution in [0.25, 0.3) is 0 Å².